The summed E-state index contributed by atoms with van der Waals surface area (Å²) in [5.41, 5.74) is 7.51. The number of nitrogens with two attached hydrogens (primary N) is 1. The Kier molecular flexibility index (Phi) is 9.41. The summed E-state index contributed by atoms with van der Waals surface area (Å²) in [6.45, 7) is 4.20. The fraction of sp³-hybridized carbons (Fsp3) is 0.471. The van der Waals surface area contributed by atoms with E-state index in [1.807, 2.05) is 26.0 Å². The number of carboxylic acids is 2. The summed E-state index contributed by atoms with van der Waals surface area (Å²) in [4.78, 5) is 38.5. The summed E-state index contributed by atoms with van der Waals surface area (Å²) in [5.74, 6) is -3.10. The minimum absolute atomic E-state index is 0. The van der Waals surface area contributed by atoms with Gasteiger partial charge in [-0.15, -0.1) is 5.48 Å². The van der Waals surface area contributed by atoms with Gasteiger partial charge in [-0.2, -0.15) is 0 Å². The van der Waals surface area contributed by atoms with Crippen LogP contribution in [0.15, 0.2) is 18.2 Å². The zero-order valence-electron chi connectivity index (χ0n) is 15.4. The van der Waals surface area contributed by atoms with Crippen molar-refractivity contribution in [2.24, 2.45) is 5.73 Å². The standard InChI is InChI=1S/C17H24N2O7.H2O/c1-10(2)11-4-5-13(25-3)12(6-11)9-19-26-15(22)8-17(18,16(23)24)7-14(20)21;/h4-6,10,19H,7-9,18H2,1-3H3,(H,20,21)(H,23,24);1H2. The maximum Gasteiger partial charge on any atom is 0.327 e. The van der Waals surface area contributed by atoms with Gasteiger partial charge in [-0.1, -0.05) is 26.0 Å². The zero-order chi connectivity index (χ0) is 19.9. The van der Waals surface area contributed by atoms with Crippen molar-refractivity contribution in [2.75, 3.05) is 7.11 Å². The quantitative estimate of drug-likeness (QED) is 0.408. The number of hydrogen-bond acceptors (Lipinski definition) is 7. The van der Waals surface area contributed by atoms with Gasteiger partial charge in [0.1, 0.15) is 11.3 Å². The normalized spacial score (nSPS) is 12.6. The van der Waals surface area contributed by atoms with Crippen LogP contribution in [0.5, 0.6) is 5.75 Å². The monoisotopic (exact) mass is 386 g/mol. The topological polar surface area (TPSA) is 180 Å². The second kappa shape index (κ2) is 10.5. The number of hydroxylamine groups is 1. The van der Waals surface area contributed by atoms with Crippen LogP contribution in [0.4, 0.5) is 0 Å². The molecule has 1 aromatic carbocycles. The molecule has 10 nitrogen and oxygen atoms in total. The molecule has 0 saturated carbocycles. The van der Waals surface area contributed by atoms with Gasteiger partial charge in [-0.05, 0) is 17.5 Å². The maximum absolute atomic E-state index is 11.8. The van der Waals surface area contributed by atoms with Crippen LogP contribution >= 0.6 is 0 Å². The Balaban J connectivity index is 0.00000676. The summed E-state index contributed by atoms with van der Waals surface area (Å²) >= 11 is 0. The van der Waals surface area contributed by atoms with Crippen molar-refractivity contribution in [2.45, 2.75) is 44.7 Å². The predicted octanol–water partition coefficient (Wildman–Crippen LogP) is 0.189. The molecule has 0 aliphatic carbocycles. The first-order valence-electron chi connectivity index (χ1n) is 7.92. The summed E-state index contributed by atoms with van der Waals surface area (Å²) in [6.07, 6.45) is -1.69. The second-order valence-corrected chi connectivity index (χ2v) is 6.23. The molecule has 0 fully saturated rings. The highest BCUT2D eigenvalue weighted by molar-refractivity contribution is 5.89. The second-order valence-electron chi connectivity index (χ2n) is 6.23. The number of carbonyl (C=O) groups is 3. The molecule has 0 aliphatic heterocycles. The lowest BCUT2D eigenvalue weighted by Crippen LogP contribution is -2.51. The van der Waals surface area contributed by atoms with E-state index in [1.165, 1.54) is 7.11 Å². The Morgan fingerprint density at radius 2 is 1.85 bits per heavy atom. The van der Waals surface area contributed by atoms with E-state index in [1.54, 1.807) is 6.07 Å². The van der Waals surface area contributed by atoms with Crippen LogP contribution in [0, 0.1) is 0 Å². The molecule has 1 unspecified atom stereocenters. The van der Waals surface area contributed by atoms with E-state index in [0.29, 0.717) is 11.7 Å². The number of aliphatic carboxylic acids is 2. The molecule has 152 valence electrons. The van der Waals surface area contributed by atoms with Gasteiger partial charge in [-0.3, -0.25) is 14.4 Å². The number of carbonyl (C=O) groups excluding carboxylic acids is 1. The number of hydrogen-bond donors (Lipinski definition) is 4. The minimum atomic E-state index is -2.24. The van der Waals surface area contributed by atoms with E-state index < -0.39 is 36.3 Å². The highest BCUT2D eigenvalue weighted by atomic mass is 16.7. The molecular weight excluding hydrogens is 360 g/mol. The third kappa shape index (κ3) is 7.21. The number of nitrogens with one attached hydrogen (secondary N) is 1. The number of benzene rings is 1. The Bertz CT molecular complexity index is 677. The van der Waals surface area contributed by atoms with Crippen molar-refractivity contribution in [1.82, 2.24) is 5.48 Å². The van der Waals surface area contributed by atoms with E-state index in [0.717, 1.165) is 11.1 Å². The van der Waals surface area contributed by atoms with Crippen molar-refractivity contribution >= 4 is 17.9 Å². The van der Waals surface area contributed by atoms with E-state index >= 15 is 0 Å². The molecule has 10 heteroatoms. The first kappa shape index (κ1) is 24.3. The molecule has 0 saturated heterocycles. The third-order valence-electron chi connectivity index (χ3n) is 3.77. The Hall–Kier alpha value is -2.69. The molecule has 0 radical (unpaired) electrons. The number of ether oxygens (including phenoxy) is 1. The number of carboxylic acid groups (broad SMARTS) is 2. The van der Waals surface area contributed by atoms with Gasteiger partial charge in [0.2, 0.25) is 0 Å². The molecule has 27 heavy (non-hydrogen) atoms. The number of rotatable bonds is 10. The average Bonchev–Trinajstić information content (AvgIpc) is 2.53. The van der Waals surface area contributed by atoms with Crippen LogP contribution in [0.25, 0.3) is 0 Å². The smallest absolute Gasteiger partial charge is 0.327 e. The average molecular weight is 386 g/mol. The van der Waals surface area contributed by atoms with Gasteiger partial charge >= 0.3 is 17.9 Å². The van der Waals surface area contributed by atoms with Gasteiger partial charge in [0, 0.05) is 5.56 Å². The Morgan fingerprint density at radius 3 is 2.33 bits per heavy atom. The van der Waals surface area contributed by atoms with Gasteiger partial charge in [0.25, 0.3) is 0 Å². The van der Waals surface area contributed by atoms with E-state index in [4.69, 9.17) is 25.5 Å². The van der Waals surface area contributed by atoms with Crippen LogP contribution in [-0.4, -0.2) is 46.2 Å². The molecule has 1 atom stereocenters. The first-order valence-corrected chi connectivity index (χ1v) is 7.92. The lowest BCUT2D eigenvalue weighted by Gasteiger charge is -2.21. The van der Waals surface area contributed by atoms with E-state index in [-0.39, 0.29) is 12.0 Å². The van der Waals surface area contributed by atoms with Crippen LogP contribution in [0.1, 0.15) is 43.7 Å². The molecule has 0 heterocycles. The third-order valence-corrected chi connectivity index (χ3v) is 3.77. The molecule has 7 N–H and O–H groups in total. The van der Waals surface area contributed by atoms with E-state index in [2.05, 4.69) is 5.48 Å². The minimum Gasteiger partial charge on any atom is -0.496 e. The van der Waals surface area contributed by atoms with Crippen molar-refractivity contribution in [3.8, 4) is 5.75 Å². The zero-order valence-corrected chi connectivity index (χ0v) is 15.4. The Labute approximate surface area is 156 Å². The molecule has 0 aliphatic rings. The fourth-order valence-electron chi connectivity index (χ4n) is 2.27. The van der Waals surface area contributed by atoms with Crippen molar-refractivity contribution in [3.05, 3.63) is 29.3 Å². The highest BCUT2D eigenvalue weighted by Gasteiger charge is 2.39. The Morgan fingerprint density at radius 1 is 1.22 bits per heavy atom. The van der Waals surface area contributed by atoms with Gasteiger partial charge < -0.3 is 31.0 Å². The summed E-state index contributed by atoms with van der Waals surface area (Å²) in [6, 6.07) is 5.64. The van der Waals surface area contributed by atoms with Gasteiger partial charge in [-0.25, -0.2) is 0 Å². The SMILES string of the molecule is COc1ccc(C(C)C)cc1CNOC(=O)CC(N)(CC(=O)O)C(=O)O.O. The summed E-state index contributed by atoms with van der Waals surface area (Å²) < 4.78 is 5.25. The van der Waals surface area contributed by atoms with Crippen molar-refractivity contribution in [3.63, 3.8) is 0 Å². The molecule has 1 rings (SSSR count). The number of methoxy groups -OCH3 is 1. The fourth-order valence-corrected chi connectivity index (χ4v) is 2.27. The summed E-state index contributed by atoms with van der Waals surface area (Å²) in [7, 11) is 1.52. The largest absolute Gasteiger partial charge is 0.496 e. The lowest BCUT2D eigenvalue weighted by molar-refractivity contribution is -0.160. The van der Waals surface area contributed by atoms with Crippen LogP contribution in [0.2, 0.25) is 0 Å². The van der Waals surface area contributed by atoms with Crippen LogP contribution in [-0.2, 0) is 25.8 Å². The lowest BCUT2D eigenvalue weighted by atomic mass is 9.93. The molecule has 0 spiro atoms. The van der Waals surface area contributed by atoms with Gasteiger partial charge in [0.15, 0.2) is 0 Å². The molecule has 0 bridgehead atoms. The van der Waals surface area contributed by atoms with Gasteiger partial charge in [0.05, 0.1) is 26.5 Å². The van der Waals surface area contributed by atoms with Crippen molar-refractivity contribution in [1.29, 1.82) is 0 Å². The van der Waals surface area contributed by atoms with Crippen molar-refractivity contribution < 1.29 is 39.6 Å². The highest BCUT2D eigenvalue weighted by Crippen LogP contribution is 2.24. The molecule has 0 aromatic heterocycles. The maximum atomic E-state index is 11.8. The molecule has 0 amide bonds. The van der Waals surface area contributed by atoms with Crippen LogP contribution < -0.4 is 16.0 Å². The van der Waals surface area contributed by atoms with Crippen LogP contribution in [0.3, 0.4) is 0 Å². The van der Waals surface area contributed by atoms with E-state index in [9.17, 15) is 14.4 Å². The predicted molar refractivity (Wildman–Crippen MR) is 95.1 cm³/mol. The summed E-state index contributed by atoms with van der Waals surface area (Å²) in [5, 5.41) is 17.8. The first-order chi connectivity index (χ1) is 12.1. The molecule has 1 aromatic rings. The molecular formula is C17H26N2O8.